The fourth-order valence-electron chi connectivity index (χ4n) is 1.77. The normalized spacial score (nSPS) is 12.4. The third-order valence-corrected chi connectivity index (χ3v) is 4.00. The summed E-state index contributed by atoms with van der Waals surface area (Å²) >= 11 is 1.20. The lowest BCUT2D eigenvalue weighted by Gasteiger charge is -2.14. The molecule has 0 bridgehead atoms. The van der Waals surface area contributed by atoms with E-state index in [0.717, 1.165) is 29.0 Å². The largest absolute Gasteiger partial charge is 0.324 e. The van der Waals surface area contributed by atoms with Gasteiger partial charge in [-0.3, -0.25) is 0 Å². The maximum absolute atomic E-state index is 13.7. The summed E-state index contributed by atoms with van der Waals surface area (Å²) in [7, 11) is 0. The minimum absolute atomic E-state index is 0.0969. The quantitative estimate of drug-likeness (QED) is 0.890. The Balaban J connectivity index is 2.35. The van der Waals surface area contributed by atoms with Gasteiger partial charge in [-0.25, -0.2) is 8.78 Å². The zero-order chi connectivity index (χ0) is 13.8. The zero-order valence-corrected chi connectivity index (χ0v) is 11.4. The molecule has 0 fully saturated rings. The predicted octanol–water partition coefficient (Wildman–Crippen LogP) is 4.53. The van der Waals surface area contributed by atoms with Crippen molar-refractivity contribution < 1.29 is 8.78 Å². The fraction of sp³-hybridized carbons (Fsp3) is 0.200. The van der Waals surface area contributed by atoms with Crippen LogP contribution in [0.4, 0.5) is 8.78 Å². The molecule has 0 amide bonds. The van der Waals surface area contributed by atoms with Crippen LogP contribution in [0.15, 0.2) is 52.3 Å². The first-order valence-electron chi connectivity index (χ1n) is 6.09. The lowest BCUT2D eigenvalue weighted by atomic mass is 10.1. The highest BCUT2D eigenvalue weighted by atomic mass is 32.2. The first-order valence-corrected chi connectivity index (χ1v) is 6.91. The van der Waals surface area contributed by atoms with Crippen molar-refractivity contribution in [1.82, 2.24) is 0 Å². The average Bonchev–Trinajstić information content (AvgIpc) is 2.42. The van der Waals surface area contributed by atoms with Crippen molar-refractivity contribution >= 4 is 11.8 Å². The Morgan fingerprint density at radius 2 is 1.84 bits per heavy atom. The van der Waals surface area contributed by atoms with Gasteiger partial charge in [-0.15, -0.1) is 0 Å². The van der Waals surface area contributed by atoms with Crippen LogP contribution >= 0.6 is 11.8 Å². The topological polar surface area (TPSA) is 26.0 Å². The highest BCUT2D eigenvalue weighted by molar-refractivity contribution is 7.99. The molecule has 0 aliphatic rings. The van der Waals surface area contributed by atoms with Crippen LogP contribution in [-0.2, 0) is 0 Å². The van der Waals surface area contributed by atoms with Crippen molar-refractivity contribution in [1.29, 1.82) is 0 Å². The Kier molecular flexibility index (Phi) is 4.56. The summed E-state index contributed by atoms with van der Waals surface area (Å²) < 4.78 is 26.8. The van der Waals surface area contributed by atoms with Crippen molar-refractivity contribution in [3.05, 3.63) is 59.7 Å². The van der Waals surface area contributed by atoms with E-state index in [1.165, 1.54) is 17.8 Å². The van der Waals surface area contributed by atoms with E-state index >= 15 is 0 Å². The molecule has 2 aromatic carbocycles. The van der Waals surface area contributed by atoms with Gasteiger partial charge in [0.15, 0.2) is 0 Å². The summed E-state index contributed by atoms with van der Waals surface area (Å²) in [6.07, 6.45) is 0.795. The second-order valence-electron chi connectivity index (χ2n) is 4.23. The predicted molar refractivity (Wildman–Crippen MR) is 74.1 cm³/mol. The van der Waals surface area contributed by atoms with Crippen LogP contribution in [0.3, 0.4) is 0 Å². The minimum atomic E-state index is -0.443. The molecule has 0 aromatic heterocycles. The molecule has 1 atom stereocenters. The maximum atomic E-state index is 13.7. The van der Waals surface area contributed by atoms with Crippen molar-refractivity contribution in [2.45, 2.75) is 29.2 Å². The molecule has 1 nitrogen and oxygen atoms in total. The van der Waals surface area contributed by atoms with E-state index in [2.05, 4.69) is 0 Å². The maximum Gasteiger partial charge on any atom is 0.137 e. The summed E-state index contributed by atoms with van der Waals surface area (Å²) in [6.45, 7) is 1.99. The van der Waals surface area contributed by atoms with Crippen molar-refractivity contribution in [3.8, 4) is 0 Å². The van der Waals surface area contributed by atoms with Crippen molar-refractivity contribution in [2.75, 3.05) is 0 Å². The second-order valence-corrected chi connectivity index (χ2v) is 5.31. The van der Waals surface area contributed by atoms with Crippen LogP contribution in [0.2, 0.25) is 0 Å². The van der Waals surface area contributed by atoms with Crippen LogP contribution < -0.4 is 5.73 Å². The summed E-state index contributed by atoms with van der Waals surface area (Å²) in [5.41, 5.74) is 6.99. The van der Waals surface area contributed by atoms with Crippen LogP contribution in [0, 0.1) is 11.6 Å². The smallest absolute Gasteiger partial charge is 0.137 e. The van der Waals surface area contributed by atoms with E-state index in [9.17, 15) is 8.78 Å². The van der Waals surface area contributed by atoms with E-state index in [-0.39, 0.29) is 10.9 Å². The fourth-order valence-corrected chi connectivity index (χ4v) is 2.83. The number of nitrogens with two attached hydrogens (primary N) is 1. The van der Waals surface area contributed by atoms with Crippen LogP contribution in [0.1, 0.15) is 24.9 Å². The standard InChI is InChI=1S/C15H15F2NS/c1-2-13(18)11-5-3-4-6-14(11)19-15-9-10(16)7-8-12(15)17/h3-9,13H,2,18H2,1H3/t13-/m0/s1. The Morgan fingerprint density at radius 3 is 2.58 bits per heavy atom. The monoisotopic (exact) mass is 279 g/mol. The molecule has 0 radical (unpaired) electrons. The number of hydrogen-bond acceptors (Lipinski definition) is 2. The molecule has 0 aliphatic carbocycles. The molecule has 100 valence electrons. The van der Waals surface area contributed by atoms with Gasteiger partial charge in [0.25, 0.3) is 0 Å². The van der Waals surface area contributed by atoms with E-state index in [0.29, 0.717) is 0 Å². The van der Waals surface area contributed by atoms with Crippen LogP contribution in [-0.4, -0.2) is 0 Å². The van der Waals surface area contributed by atoms with Crippen LogP contribution in [0.25, 0.3) is 0 Å². The second kappa shape index (κ2) is 6.17. The molecule has 0 spiro atoms. The van der Waals surface area contributed by atoms with Gasteiger partial charge in [-0.05, 0) is 36.2 Å². The van der Waals surface area contributed by atoms with E-state index in [4.69, 9.17) is 5.73 Å². The Bertz CT molecular complexity index is 572. The molecule has 2 aromatic rings. The molecule has 0 unspecified atom stereocenters. The summed E-state index contributed by atoms with van der Waals surface area (Å²) in [6, 6.07) is 10.9. The molecule has 2 N–H and O–H groups in total. The highest BCUT2D eigenvalue weighted by Gasteiger charge is 2.12. The third-order valence-electron chi connectivity index (χ3n) is 2.87. The number of halogens is 2. The average molecular weight is 279 g/mol. The molecule has 2 rings (SSSR count). The first-order chi connectivity index (χ1) is 9.11. The van der Waals surface area contributed by atoms with Gasteiger partial charge < -0.3 is 5.73 Å². The Labute approximate surface area is 115 Å². The molecule has 0 aliphatic heterocycles. The van der Waals surface area contributed by atoms with E-state index in [1.807, 2.05) is 31.2 Å². The van der Waals surface area contributed by atoms with Gasteiger partial charge in [-0.2, -0.15) is 0 Å². The lowest BCUT2D eigenvalue weighted by Crippen LogP contribution is -2.09. The molecular formula is C15H15F2NS. The molecule has 0 saturated carbocycles. The molecule has 19 heavy (non-hydrogen) atoms. The minimum Gasteiger partial charge on any atom is -0.324 e. The summed E-state index contributed by atoms with van der Waals surface area (Å²) in [5.74, 6) is -0.868. The number of benzene rings is 2. The molecular weight excluding hydrogens is 264 g/mol. The lowest BCUT2D eigenvalue weighted by molar-refractivity contribution is 0.577. The Hall–Kier alpha value is -1.39. The molecule has 4 heteroatoms. The van der Waals surface area contributed by atoms with Gasteiger partial charge in [0.2, 0.25) is 0 Å². The van der Waals surface area contributed by atoms with Gasteiger partial charge in [0.1, 0.15) is 11.6 Å². The van der Waals surface area contributed by atoms with Gasteiger partial charge in [0.05, 0.1) is 4.90 Å². The zero-order valence-electron chi connectivity index (χ0n) is 10.6. The van der Waals surface area contributed by atoms with Crippen molar-refractivity contribution in [2.24, 2.45) is 5.73 Å². The number of hydrogen-bond donors (Lipinski definition) is 1. The number of rotatable bonds is 4. The van der Waals surface area contributed by atoms with E-state index < -0.39 is 11.6 Å². The van der Waals surface area contributed by atoms with E-state index in [1.54, 1.807) is 0 Å². The highest BCUT2D eigenvalue weighted by Crippen LogP contribution is 2.35. The SMILES string of the molecule is CC[C@H](N)c1ccccc1Sc1cc(F)ccc1F. The Morgan fingerprint density at radius 1 is 1.11 bits per heavy atom. The summed E-state index contributed by atoms with van der Waals surface area (Å²) in [4.78, 5) is 1.14. The molecule has 0 saturated heterocycles. The van der Waals surface area contributed by atoms with Gasteiger partial charge in [-0.1, -0.05) is 36.9 Å². The van der Waals surface area contributed by atoms with Crippen molar-refractivity contribution in [3.63, 3.8) is 0 Å². The third kappa shape index (κ3) is 3.33. The van der Waals surface area contributed by atoms with Gasteiger partial charge in [0, 0.05) is 10.9 Å². The van der Waals surface area contributed by atoms with Gasteiger partial charge >= 0.3 is 0 Å². The molecule has 0 heterocycles. The first kappa shape index (κ1) is 14.0. The van der Waals surface area contributed by atoms with Crippen LogP contribution in [0.5, 0.6) is 0 Å². The summed E-state index contributed by atoms with van der Waals surface area (Å²) in [5, 5.41) is 0.